The Morgan fingerprint density at radius 2 is 0.910 bits per heavy atom. The molecular formula is C76H65N7O2Pt2Si2-2. The molecule has 13 aromatic rings. The normalized spacial score (nSPS) is 13.3. The van der Waals surface area contributed by atoms with E-state index in [0.717, 1.165) is 111 Å². The summed E-state index contributed by atoms with van der Waals surface area (Å²) >= 11 is 0. The van der Waals surface area contributed by atoms with Crippen LogP contribution in [0.25, 0.3) is 83.3 Å². The molecule has 0 aliphatic heterocycles. The average molecular weight is 1550 g/mol. The van der Waals surface area contributed by atoms with Crippen molar-refractivity contribution in [1.82, 2.24) is 29.5 Å². The van der Waals surface area contributed by atoms with Crippen molar-refractivity contribution in [3.63, 3.8) is 0 Å². The second-order valence-corrected chi connectivity index (χ2v) is 33.7. The number of benzene rings is 7. The van der Waals surface area contributed by atoms with Gasteiger partial charge in [0.1, 0.15) is 33.5 Å². The van der Waals surface area contributed by atoms with Gasteiger partial charge in [0, 0.05) is 128 Å². The fourth-order valence-electron chi connectivity index (χ4n) is 13.3. The molecule has 2 N–H and O–H groups in total. The maximum atomic E-state index is 10.8. The van der Waals surface area contributed by atoms with Crippen LogP contribution in [-0.4, -0.2) is 62.9 Å². The van der Waals surface area contributed by atoms with Crippen molar-refractivity contribution >= 4 is 81.2 Å². The standard InChI is InChI=1S/C39H32N3OSi.C37H33N4OSi.2Pt/c1-39(2)30-15-10-18-35(43)37(30)38-31(39)19-20-32(41-38)25-11-9-12-27(23-25)44(3,4)36-24-26(21-22-40-36)42-33-16-7-5-13-28(33)29-14-6-8-17-34(29)42;1-37(2)29-14-9-15-32(42)34(29)35-30(37)16-17-31(40-35)25-11-8-12-27(22-25)43(4,5)33-23-26(19-21-38-33)41(3)36-28-13-7-6-10-24(28)18-20-39-36;;/h5-22,24,43H,1-4H3;6-21,23,42H,1-5H3;;/q2*-1;;. The number of phenolic OH excluding ortho intramolecular Hbond substituents is 2. The van der Waals surface area contributed by atoms with Crippen LogP contribution < -0.4 is 25.9 Å². The predicted molar refractivity (Wildman–Crippen MR) is 362 cm³/mol. The van der Waals surface area contributed by atoms with E-state index in [-0.39, 0.29) is 64.5 Å². The average Bonchev–Trinajstić information content (AvgIpc) is 1.65. The molecule has 0 saturated heterocycles. The van der Waals surface area contributed by atoms with Crippen LogP contribution in [-0.2, 0) is 53.0 Å². The first kappa shape index (κ1) is 60.8. The van der Waals surface area contributed by atoms with Gasteiger partial charge in [0.15, 0.2) is 0 Å². The van der Waals surface area contributed by atoms with Gasteiger partial charge in [-0.15, -0.1) is 70.0 Å². The molecule has 15 rings (SSSR count). The van der Waals surface area contributed by atoms with Gasteiger partial charge in [-0.05, 0) is 93.6 Å². The number of nitrogens with zero attached hydrogens (tertiary/aromatic N) is 7. The van der Waals surface area contributed by atoms with Crippen LogP contribution in [0.3, 0.4) is 0 Å². The van der Waals surface area contributed by atoms with Crippen LogP contribution in [0.4, 0.5) is 11.5 Å². The number of fused-ring (bicyclic) bond motifs is 10. The zero-order valence-corrected chi connectivity index (χ0v) is 57.5. The Labute approximate surface area is 550 Å². The second-order valence-electron chi connectivity index (χ2n) is 25.1. The Morgan fingerprint density at radius 1 is 0.449 bits per heavy atom. The number of anilines is 2. The van der Waals surface area contributed by atoms with Gasteiger partial charge in [-0.1, -0.05) is 163 Å². The van der Waals surface area contributed by atoms with E-state index in [9.17, 15) is 10.2 Å². The molecule has 0 amide bonds. The van der Waals surface area contributed by atoms with Crippen molar-refractivity contribution in [1.29, 1.82) is 0 Å². The minimum atomic E-state index is -2.26. The molecule has 2 aliphatic rings. The topological polar surface area (TPSA) is 113 Å². The van der Waals surface area contributed by atoms with Crippen molar-refractivity contribution in [2.24, 2.45) is 0 Å². The summed E-state index contributed by atoms with van der Waals surface area (Å²) in [7, 11) is -2.44. The van der Waals surface area contributed by atoms with E-state index in [1.807, 2.05) is 42.9 Å². The minimum Gasteiger partial charge on any atom is -0.507 e. The van der Waals surface area contributed by atoms with Crippen LogP contribution in [0.15, 0.2) is 219 Å². The molecule has 89 heavy (non-hydrogen) atoms. The van der Waals surface area contributed by atoms with E-state index in [0.29, 0.717) is 0 Å². The monoisotopic (exact) mass is 1550 g/mol. The molecular weight excluding hydrogens is 1490 g/mol. The third-order valence-electron chi connectivity index (χ3n) is 18.5. The zero-order chi connectivity index (χ0) is 60.1. The molecule has 0 spiro atoms. The molecule has 6 aromatic heterocycles. The third kappa shape index (κ3) is 10.2. The van der Waals surface area contributed by atoms with Gasteiger partial charge in [-0.25, -0.2) is 4.98 Å². The Balaban J connectivity index is 0.000000169. The maximum Gasteiger partial charge on any atom is 0.140 e. The zero-order valence-electron chi connectivity index (χ0n) is 50.9. The summed E-state index contributed by atoms with van der Waals surface area (Å²) in [6, 6.07) is 76.4. The second kappa shape index (κ2) is 23.2. The fraction of sp³-hybridized carbons (Fsp3) is 0.145. The summed E-state index contributed by atoms with van der Waals surface area (Å²) < 4.78 is 2.35. The first-order chi connectivity index (χ1) is 41.9. The van der Waals surface area contributed by atoms with Crippen molar-refractivity contribution in [2.75, 3.05) is 11.9 Å². The molecule has 13 heteroatoms. The van der Waals surface area contributed by atoms with Crippen LogP contribution in [0.5, 0.6) is 11.5 Å². The summed E-state index contributed by atoms with van der Waals surface area (Å²) in [6.45, 7) is 18.1. The van der Waals surface area contributed by atoms with Gasteiger partial charge in [0.2, 0.25) is 0 Å². The number of phenols is 2. The number of pyridine rings is 5. The minimum absolute atomic E-state index is 0. The molecule has 0 atom stereocenters. The van der Waals surface area contributed by atoms with Gasteiger partial charge in [-0.3, -0.25) is 19.9 Å². The first-order valence-electron chi connectivity index (χ1n) is 29.7. The molecule has 0 bridgehead atoms. The largest absolute Gasteiger partial charge is 0.507 e. The summed E-state index contributed by atoms with van der Waals surface area (Å²) in [4.78, 5) is 26.9. The molecule has 446 valence electrons. The van der Waals surface area contributed by atoms with Crippen molar-refractivity contribution in [2.45, 2.75) is 64.7 Å². The van der Waals surface area contributed by atoms with Crippen molar-refractivity contribution in [3.8, 4) is 62.2 Å². The van der Waals surface area contributed by atoms with Gasteiger partial charge in [0.05, 0.1) is 22.4 Å². The van der Waals surface area contributed by atoms with Gasteiger partial charge in [-0.2, -0.15) is 0 Å². The number of aromatic hydroxyl groups is 2. The Kier molecular flexibility index (Phi) is 15.8. The molecule has 7 aromatic carbocycles. The number of hydrogen-bond donors (Lipinski definition) is 2. The summed E-state index contributed by atoms with van der Waals surface area (Å²) in [5.41, 5.74) is 15.6. The molecule has 2 aliphatic carbocycles. The predicted octanol–water partition coefficient (Wildman–Crippen LogP) is 15.0. The SMILES string of the molecule is CC1(C)c2ccc(-c3[c-]c([Si](C)(C)c4cc(-n5c6ccccc6c6ccccc65)ccn4)ccc3)nc2-c2c(O)cccc21.CN(c1ccnc([Si](C)(C)c2[c-]c(-c3ccc4c(n3)-c3c(O)cccc3C4(C)C)ccc2)c1)c1nccc2ccccc12.[Pt].[Pt]. The van der Waals surface area contributed by atoms with E-state index in [4.69, 9.17) is 24.9 Å². The Morgan fingerprint density at radius 3 is 1.45 bits per heavy atom. The van der Waals surface area contributed by atoms with Crippen molar-refractivity contribution < 1.29 is 52.3 Å². The van der Waals surface area contributed by atoms with Crippen LogP contribution >= 0.6 is 0 Å². The molecule has 6 heterocycles. The van der Waals surface area contributed by atoms with Gasteiger partial charge in [0.25, 0.3) is 0 Å². The Hall–Kier alpha value is -8.44. The molecule has 9 nitrogen and oxygen atoms in total. The number of hydrogen-bond acceptors (Lipinski definition) is 8. The van der Waals surface area contributed by atoms with E-state index < -0.39 is 16.1 Å². The van der Waals surface area contributed by atoms with Crippen LogP contribution in [0.1, 0.15) is 49.9 Å². The Bertz CT molecular complexity index is 4870. The number of aromatic nitrogens is 6. The van der Waals surface area contributed by atoms with E-state index in [1.54, 1.807) is 12.1 Å². The molecule has 0 fully saturated rings. The molecule has 0 saturated carbocycles. The maximum absolute atomic E-state index is 10.8. The van der Waals surface area contributed by atoms with E-state index in [2.05, 4.69) is 246 Å². The van der Waals surface area contributed by atoms with Gasteiger partial charge < -0.3 is 19.7 Å². The van der Waals surface area contributed by atoms with Crippen LogP contribution in [0.2, 0.25) is 26.2 Å². The molecule has 0 unspecified atom stereocenters. The molecule has 0 radical (unpaired) electrons. The summed E-state index contributed by atoms with van der Waals surface area (Å²) in [5, 5.41) is 30.9. The van der Waals surface area contributed by atoms with E-state index in [1.165, 1.54) is 27.0 Å². The summed E-state index contributed by atoms with van der Waals surface area (Å²) in [6.07, 6.45) is 5.71. The van der Waals surface area contributed by atoms with E-state index >= 15 is 0 Å². The first-order valence-corrected chi connectivity index (χ1v) is 35.7. The number of rotatable bonds is 9. The number of para-hydroxylation sites is 2. The van der Waals surface area contributed by atoms with Crippen molar-refractivity contribution in [3.05, 3.63) is 253 Å². The fourth-order valence-corrected chi connectivity index (χ4v) is 17.6. The smallest absolute Gasteiger partial charge is 0.140 e. The quantitative estimate of drug-likeness (QED) is 0.109. The van der Waals surface area contributed by atoms with Gasteiger partial charge >= 0.3 is 0 Å². The van der Waals surface area contributed by atoms with Crippen LogP contribution in [0, 0.1) is 12.1 Å². The third-order valence-corrected chi connectivity index (χ3v) is 24.9. The summed E-state index contributed by atoms with van der Waals surface area (Å²) in [5.74, 6) is 1.47.